The van der Waals surface area contributed by atoms with E-state index in [0.717, 1.165) is 13.0 Å². The molecule has 0 aromatic heterocycles. The Hall–Kier alpha value is -2.04. The van der Waals surface area contributed by atoms with E-state index in [1.54, 1.807) is 0 Å². The number of nitrogens with one attached hydrogen (secondary N) is 1. The Kier molecular flexibility index (Phi) is 6.97. The number of hydrogen-bond donors (Lipinski definition) is 2. The van der Waals surface area contributed by atoms with Crippen LogP contribution in [-0.4, -0.2) is 25.8 Å². The molecule has 2 aliphatic rings. The van der Waals surface area contributed by atoms with Crippen LogP contribution in [0.25, 0.3) is 11.1 Å². The maximum absolute atomic E-state index is 12.3. The number of hydrogen-bond acceptors (Lipinski definition) is 3. The second kappa shape index (κ2) is 9.44. The molecule has 2 aromatic carbocycles. The molecular formula is C23H29ClN2O2. The van der Waals surface area contributed by atoms with Gasteiger partial charge in [-0.3, -0.25) is 0 Å². The van der Waals surface area contributed by atoms with Crippen LogP contribution in [0, 0.1) is 11.8 Å². The van der Waals surface area contributed by atoms with Crippen LogP contribution >= 0.6 is 12.4 Å². The summed E-state index contributed by atoms with van der Waals surface area (Å²) < 4.78 is 5.61. The van der Waals surface area contributed by atoms with Crippen molar-refractivity contribution in [3.8, 4) is 11.1 Å². The number of carbonyl (C=O) groups excluding carboxylic acids is 1. The zero-order valence-corrected chi connectivity index (χ0v) is 16.9. The number of alkyl carbamates (subject to hydrolysis) is 1. The first-order valence-electron chi connectivity index (χ1n) is 10.0. The van der Waals surface area contributed by atoms with Gasteiger partial charge in [0.1, 0.15) is 6.61 Å². The molecule has 0 aliphatic heterocycles. The molecule has 2 aliphatic carbocycles. The normalized spacial score (nSPS) is 20.6. The Morgan fingerprint density at radius 3 is 2.25 bits per heavy atom. The molecule has 0 unspecified atom stereocenters. The van der Waals surface area contributed by atoms with Crippen LogP contribution in [0.5, 0.6) is 0 Å². The molecule has 4 rings (SSSR count). The zero-order valence-electron chi connectivity index (χ0n) is 16.1. The van der Waals surface area contributed by atoms with Gasteiger partial charge in [-0.05, 0) is 59.9 Å². The van der Waals surface area contributed by atoms with Crippen molar-refractivity contribution < 1.29 is 9.53 Å². The van der Waals surface area contributed by atoms with Crippen LogP contribution in [0.1, 0.15) is 42.7 Å². The maximum atomic E-state index is 12.3. The molecule has 2 atom stereocenters. The predicted octanol–water partition coefficient (Wildman–Crippen LogP) is 4.71. The van der Waals surface area contributed by atoms with Crippen molar-refractivity contribution in [2.45, 2.75) is 31.6 Å². The first kappa shape index (κ1) is 20.7. The predicted molar refractivity (Wildman–Crippen MR) is 115 cm³/mol. The molecule has 2 aromatic rings. The van der Waals surface area contributed by atoms with Crippen LogP contribution in [0.4, 0.5) is 4.79 Å². The summed E-state index contributed by atoms with van der Waals surface area (Å²) in [6.07, 6.45) is 4.39. The van der Waals surface area contributed by atoms with Crippen LogP contribution in [0.2, 0.25) is 0 Å². The van der Waals surface area contributed by atoms with Crippen LogP contribution in [0.15, 0.2) is 48.5 Å². The summed E-state index contributed by atoms with van der Waals surface area (Å²) >= 11 is 0. The second-order valence-corrected chi connectivity index (χ2v) is 7.84. The summed E-state index contributed by atoms with van der Waals surface area (Å²) in [5, 5.41) is 2.97. The quantitative estimate of drug-likeness (QED) is 0.763. The van der Waals surface area contributed by atoms with Gasteiger partial charge in [0.25, 0.3) is 0 Å². The van der Waals surface area contributed by atoms with Crippen LogP contribution in [0.3, 0.4) is 0 Å². The minimum absolute atomic E-state index is 0. The van der Waals surface area contributed by atoms with Gasteiger partial charge >= 0.3 is 6.09 Å². The average molecular weight is 401 g/mol. The van der Waals surface area contributed by atoms with Crippen LogP contribution in [-0.2, 0) is 4.74 Å². The SMILES string of the molecule is Cl.NC[C@@H]1CCC[C@H](CNC(=O)OCC2c3ccccc3-c3ccccc32)C1. The smallest absolute Gasteiger partial charge is 0.407 e. The Labute approximate surface area is 173 Å². The first-order chi connectivity index (χ1) is 13.3. The Balaban J connectivity index is 0.00000225. The van der Waals surface area contributed by atoms with Gasteiger partial charge in [0.15, 0.2) is 0 Å². The van der Waals surface area contributed by atoms with Crippen molar-refractivity contribution in [2.75, 3.05) is 19.7 Å². The lowest BCUT2D eigenvalue weighted by atomic mass is 9.81. The van der Waals surface area contributed by atoms with E-state index in [1.165, 1.54) is 41.5 Å². The van der Waals surface area contributed by atoms with Crippen LogP contribution < -0.4 is 11.1 Å². The molecule has 0 radical (unpaired) electrons. The monoisotopic (exact) mass is 400 g/mol. The van der Waals surface area contributed by atoms with E-state index in [0.29, 0.717) is 25.0 Å². The van der Waals surface area contributed by atoms with E-state index in [1.807, 2.05) is 0 Å². The topological polar surface area (TPSA) is 64.3 Å². The number of halogens is 1. The van der Waals surface area contributed by atoms with E-state index >= 15 is 0 Å². The Morgan fingerprint density at radius 2 is 1.61 bits per heavy atom. The van der Waals surface area contributed by atoms with E-state index in [2.05, 4.69) is 53.8 Å². The third kappa shape index (κ3) is 4.34. The standard InChI is InChI=1S/C23H28N2O2.ClH/c24-13-16-6-5-7-17(12-16)14-25-23(26)27-15-22-20-10-3-1-8-18(20)19-9-2-4-11-21(19)22;/h1-4,8-11,16-17,22H,5-7,12-15,24H2,(H,25,26);1H/t16-,17+;/m1./s1. The third-order valence-corrected chi connectivity index (χ3v) is 6.10. The first-order valence-corrected chi connectivity index (χ1v) is 10.0. The zero-order chi connectivity index (χ0) is 18.6. The molecule has 28 heavy (non-hydrogen) atoms. The Morgan fingerprint density at radius 1 is 1.00 bits per heavy atom. The highest BCUT2D eigenvalue weighted by Gasteiger charge is 2.29. The van der Waals surface area contributed by atoms with Crippen molar-refractivity contribution >= 4 is 18.5 Å². The molecule has 150 valence electrons. The van der Waals surface area contributed by atoms with Gasteiger partial charge in [-0.15, -0.1) is 12.4 Å². The maximum Gasteiger partial charge on any atom is 0.407 e. The second-order valence-electron chi connectivity index (χ2n) is 7.84. The number of nitrogens with two attached hydrogens (primary N) is 1. The summed E-state index contributed by atoms with van der Waals surface area (Å²) in [4.78, 5) is 12.3. The summed E-state index contributed by atoms with van der Waals surface area (Å²) in [5.41, 5.74) is 10.8. The number of rotatable bonds is 5. The van der Waals surface area contributed by atoms with E-state index in [9.17, 15) is 4.79 Å². The molecule has 0 spiro atoms. The van der Waals surface area contributed by atoms with Gasteiger partial charge in [0.2, 0.25) is 0 Å². The molecule has 3 N–H and O–H groups in total. The molecular weight excluding hydrogens is 372 g/mol. The highest BCUT2D eigenvalue weighted by Crippen LogP contribution is 2.44. The third-order valence-electron chi connectivity index (χ3n) is 6.10. The molecule has 1 saturated carbocycles. The van der Waals surface area contributed by atoms with E-state index < -0.39 is 0 Å². The highest BCUT2D eigenvalue weighted by molar-refractivity contribution is 5.85. The number of benzene rings is 2. The van der Waals surface area contributed by atoms with Gasteiger partial charge < -0.3 is 15.8 Å². The lowest BCUT2D eigenvalue weighted by molar-refractivity contribution is 0.139. The minimum Gasteiger partial charge on any atom is -0.449 e. The summed E-state index contributed by atoms with van der Waals surface area (Å²) in [6, 6.07) is 16.8. The summed E-state index contributed by atoms with van der Waals surface area (Å²) in [5.74, 6) is 1.24. The van der Waals surface area contributed by atoms with Gasteiger partial charge in [-0.1, -0.05) is 55.0 Å². The minimum atomic E-state index is -0.313. The average Bonchev–Trinajstić information content (AvgIpc) is 3.05. The molecule has 1 fully saturated rings. The van der Waals surface area contributed by atoms with E-state index in [4.69, 9.17) is 10.5 Å². The van der Waals surface area contributed by atoms with Crippen molar-refractivity contribution in [2.24, 2.45) is 17.6 Å². The van der Waals surface area contributed by atoms with E-state index in [-0.39, 0.29) is 24.4 Å². The van der Waals surface area contributed by atoms with Gasteiger partial charge in [-0.25, -0.2) is 4.79 Å². The van der Waals surface area contributed by atoms with Crippen molar-refractivity contribution in [1.82, 2.24) is 5.32 Å². The number of ether oxygens (including phenoxy) is 1. The molecule has 4 nitrogen and oxygen atoms in total. The number of fused-ring (bicyclic) bond motifs is 3. The molecule has 0 heterocycles. The summed E-state index contributed by atoms with van der Waals surface area (Å²) in [6.45, 7) is 1.81. The van der Waals surface area contributed by atoms with Gasteiger partial charge in [0, 0.05) is 12.5 Å². The fourth-order valence-electron chi connectivity index (χ4n) is 4.68. The summed E-state index contributed by atoms with van der Waals surface area (Å²) in [7, 11) is 0. The fourth-order valence-corrected chi connectivity index (χ4v) is 4.68. The number of carbonyl (C=O) groups is 1. The van der Waals surface area contributed by atoms with Gasteiger partial charge in [0.05, 0.1) is 0 Å². The van der Waals surface area contributed by atoms with Gasteiger partial charge in [-0.2, -0.15) is 0 Å². The van der Waals surface area contributed by atoms with Crippen molar-refractivity contribution in [3.63, 3.8) is 0 Å². The molecule has 0 saturated heterocycles. The lowest BCUT2D eigenvalue weighted by Crippen LogP contribution is -2.34. The molecule has 5 heteroatoms. The lowest BCUT2D eigenvalue weighted by Gasteiger charge is -2.28. The van der Waals surface area contributed by atoms with Crippen molar-refractivity contribution in [3.05, 3.63) is 59.7 Å². The highest BCUT2D eigenvalue weighted by atomic mass is 35.5. The molecule has 1 amide bonds. The fraction of sp³-hybridized carbons (Fsp3) is 0.435. The molecule has 0 bridgehead atoms. The number of amides is 1. The largest absolute Gasteiger partial charge is 0.449 e. The van der Waals surface area contributed by atoms with Crippen molar-refractivity contribution in [1.29, 1.82) is 0 Å². The Bertz CT molecular complexity index is 765.